The van der Waals surface area contributed by atoms with Gasteiger partial charge in [0.1, 0.15) is 6.54 Å². The molecule has 3 rings (SSSR count). The topological polar surface area (TPSA) is 116 Å². The van der Waals surface area contributed by atoms with Crippen LogP contribution in [0.15, 0.2) is 17.1 Å². The Morgan fingerprint density at radius 2 is 2.00 bits per heavy atom. The molecule has 2 aromatic rings. The predicted molar refractivity (Wildman–Crippen MR) is 96.0 cm³/mol. The number of carbonyl (C=O) groups is 2. The molecule has 1 aromatic carbocycles. The number of thiazole rings is 1. The maximum Gasteiger partial charge on any atom is 0.325 e. The number of carbonyl (C=O) groups excluding carboxylic acids is 2. The van der Waals surface area contributed by atoms with Gasteiger partial charge in [-0.05, 0) is 0 Å². The smallest absolute Gasteiger partial charge is 0.325 e. The summed E-state index contributed by atoms with van der Waals surface area (Å²) in [7, 11) is -0.967. The summed E-state index contributed by atoms with van der Waals surface area (Å²) in [6, 6.07) is 3.44. The van der Waals surface area contributed by atoms with Gasteiger partial charge in [0.15, 0.2) is 16.3 Å². The lowest BCUT2D eigenvalue weighted by atomic mass is 10.3. The van der Waals surface area contributed by atoms with E-state index in [0.29, 0.717) is 17.0 Å². The first-order valence-electron chi connectivity index (χ1n) is 7.67. The first-order chi connectivity index (χ1) is 12.7. The number of aromatic nitrogens is 1. The van der Waals surface area contributed by atoms with E-state index in [4.69, 9.17) is 14.2 Å². The zero-order valence-electron chi connectivity index (χ0n) is 14.8. The van der Waals surface area contributed by atoms with Gasteiger partial charge in [-0.1, -0.05) is 11.3 Å². The van der Waals surface area contributed by atoms with Crippen LogP contribution in [0, 0.1) is 0 Å². The van der Waals surface area contributed by atoms with Crippen molar-refractivity contribution in [2.75, 3.05) is 33.8 Å². The number of esters is 1. The number of nitrogens with zero attached hydrogens (tertiary/aromatic N) is 3. The highest BCUT2D eigenvalue weighted by molar-refractivity contribution is 7.88. The number of methoxy groups -OCH3 is 1. The summed E-state index contributed by atoms with van der Waals surface area (Å²) in [6.07, 6.45) is 0.999. The number of hydrogen-bond donors (Lipinski definition) is 0. The monoisotopic (exact) mass is 415 g/mol. The summed E-state index contributed by atoms with van der Waals surface area (Å²) < 4.78 is 41.5. The number of amides is 1. The third-order valence-corrected chi connectivity index (χ3v) is 6.14. The van der Waals surface area contributed by atoms with Crippen molar-refractivity contribution in [1.29, 1.82) is 0 Å². The average molecular weight is 415 g/mol. The molecule has 0 atom stereocenters. The molecule has 0 aliphatic carbocycles. The van der Waals surface area contributed by atoms with E-state index >= 15 is 0 Å². The minimum Gasteiger partial charge on any atom is -0.468 e. The molecule has 0 saturated heterocycles. The predicted octanol–water partition coefficient (Wildman–Crippen LogP) is -0.0768. The number of likely N-dealkylation sites (N-methyl/N-ethyl adjacent to an activating group) is 1. The van der Waals surface area contributed by atoms with E-state index in [1.54, 1.807) is 12.1 Å². The van der Waals surface area contributed by atoms with Crippen molar-refractivity contribution in [3.8, 4) is 11.5 Å². The minimum atomic E-state index is -3.51. The van der Waals surface area contributed by atoms with Gasteiger partial charge >= 0.3 is 5.97 Å². The average Bonchev–Trinajstić information content (AvgIpc) is 3.16. The van der Waals surface area contributed by atoms with E-state index in [-0.39, 0.29) is 18.1 Å². The normalized spacial score (nSPS) is 14.1. The maximum atomic E-state index is 12.2. The van der Waals surface area contributed by atoms with Crippen molar-refractivity contribution in [2.24, 2.45) is 4.99 Å². The van der Waals surface area contributed by atoms with Crippen LogP contribution in [0.25, 0.3) is 10.2 Å². The fourth-order valence-electron chi connectivity index (χ4n) is 2.34. The molecule has 0 fully saturated rings. The molecule has 1 aliphatic rings. The van der Waals surface area contributed by atoms with Crippen molar-refractivity contribution < 1.29 is 32.2 Å². The molecule has 1 aliphatic heterocycles. The first-order valence-corrected chi connectivity index (χ1v) is 10.3. The zero-order chi connectivity index (χ0) is 19.8. The second-order valence-corrected chi connectivity index (χ2v) is 8.84. The summed E-state index contributed by atoms with van der Waals surface area (Å²) in [5, 5.41) is 0. The lowest BCUT2D eigenvalue weighted by Gasteiger charge is -2.10. The molecule has 1 amide bonds. The fourth-order valence-corrected chi connectivity index (χ4v) is 3.74. The van der Waals surface area contributed by atoms with E-state index in [1.807, 2.05) is 0 Å². The van der Waals surface area contributed by atoms with Gasteiger partial charge in [-0.15, -0.1) is 0 Å². The molecule has 2 heterocycles. The van der Waals surface area contributed by atoms with Gasteiger partial charge in [0.25, 0.3) is 5.91 Å². The van der Waals surface area contributed by atoms with E-state index in [0.717, 1.165) is 15.3 Å². The highest BCUT2D eigenvalue weighted by Gasteiger charge is 2.20. The van der Waals surface area contributed by atoms with Crippen LogP contribution in [0.1, 0.15) is 0 Å². The van der Waals surface area contributed by atoms with E-state index in [9.17, 15) is 18.0 Å². The number of fused-ring (bicyclic) bond motifs is 2. The number of benzene rings is 1. The van der Waals surface area contributed by atoms with Gasteiger partial charge in [0.05, 0.1) is 30.1 Å². The number of rotatable bonds is 5. The largest absolute Gasteiger partial charge is 0.468 e. The summed E-state index contributed by atoms with van der Waals surface area (Å²) in [4.78, 5) is 28.2. The Hall–Kier alpha value is -2.44. The van der Waals surface area contributed by atoms with Crippen molar-refractivity contribution in [2.45, 2.75) is 6.54 Å². The van der Waals surface area contributed by atoms with Crippen LogP contribution in [-0.2, 0) is 30.9 Å². The molecular formula is C15H17N3O7S2. The second kappa shape index (κ2) is 7.29. The van der Waals surface area contributed by atoms with Crippen LogP contribution >= 0.6 is 11.3 Å². The molecule has 1 aromatic heterocycles. The summed E-state index contributed by atoms with van der Waals surface area (Å²) in [5.41, 5.74) is 0.623. The Balaban J connectivity index is 2.06. The first kappa shape index (κ1) is 19.3. The Labute approximate surface area is 158 Å². The molecular weight excluding hydrogens is 398 g/mol. The summed E-state index contributed by atoms with van der Waals surface area (Å²) >= 11 is 1.17. The van der Waals surface area contributed by atoms with Gasteiger partial charge in [-0.3, -0.25) is 9.59 Å². The van der Waals surface area contributed by atoms with Gasteiger partial charge in [-0.25, -0.2) is 8.42 Å². The maximum absolute atomic E-state index is 12.2. The Morgan fingerprint density at radius 3 is 2.63 bits per heavy atom. The lowest BCUT2D eigenvalue weighted by Crippen LogP contribution is -2.31. The molecule has 0 spiro atoms. The summed E-state index contributed by atoms with van der Waals surface area (Å²) in [6.45, 7) is -0.463. The van der Waals surface area contributed by atoms with Gasteiger partial charge in [-0.2, -0.15) is 9.30 Å². The molecule has 0 unspecified atom stereocenters. The quantitative estimate of drug-likeness (QED) is 0.627. The van der Waals surface area contributed by atoms with E-state index < -0.39 is 28.4 Å². The van der Waals surface area contributed by atoms with Crippen LogP contribution in [0.4, 0.5) is 0 Å². The Kier molecular flexibility index (Phi) is 5.22. The molecule has 0 bridgehead atoms. The van der Waals surface area contributed by atoms with Crippen molar-refractivity contribution in [3.63, 3.8) is 0 Å². The second-order valence-electron chi connectivity index (χ2n) is 5.74. The molecule has 0 N–H and O–H groups in total. The SMILES string of the molecule is COC(=O)Cn1c(=NC(=O)CN(C)S(C)(=O)=O)sc2cc3c(cc21)OCO3. The zero-order valence-corrected chi connectivity index (χ0v) is 16.4. The van der Waals surface area contributed by atoms with Crippen LogP contribution in [0.3, 0.4) is 0 Å². The number of ether oxygens (including phenoxy) is 3. The third kappa shape index (κ3) is 4.12. The highest BCUT2D eigenvalue weighted by Crippen LogP contribution is 2.36. The molecule has 12 heteroatoms. The van der Waals surface area contributed by atoms with Crippen molar-refractivity contribution >= 4 is 43.5 Å². The lowest BCUT2D eigenvalue weighted by molar-refractivity contribution is -0.141. The molecule has 27 heavy (non-hydrogen) atoms. The number of hydrogen-bond acceptors (Lipinski definition) is 8. The fraction of sp³-hybridized carbons (Fsp3) is 0.400. The molecule has 10 nitrogen and oxygen atoms in total. The standard InChI is InChI=1S/C15H17N3O7S2/c1-17(27(3,21)22)6-13(19)16-15-18(7-14(20)23-2)9-4-10-11(25-8-24-10)5-12(9)26-15/h4-5H,6-8H2,1-3H3. The van der Waals surface area contributed by atoms with E-state index in [1.165, 1.54) is 30.1 Å². The molecule has 0 radical (unpaired) electrons. The van der Waals surface area contributed by atoms with Gasteiger partial charge < -0.3 is 18.8 Å². The van der Waals surface area contributed by atoms with Crippen molar-refractivity contribution in [1.82, 2.24) is 8.87 Å². The summed E-state index contributed by atoms with van der Waals surface area (Å²) in [5.74, 6) is -0.0973. The highest BCUT2D eigenvalue weighted by atomic mass is 32.2. The van der Waals surface area contributed by atoms with Gasteiger partial charge in [0, 0.05) is 19.2 Å². The minimum absolute atomic E-state index is 0.108. The third-order valence-electron chi connectivity index (χ3n) is 3.84. The molecule has 146 valence electrons. The Bertz CT molecular complexity index is 1080. The van der Waals surface area contributed by atoms with Crippen LogP contribution in [-0.4, -0.2) is 62.9 Å². The van der Waals surface area contributed by atoms with Crippen LogP contribution in [0.2, 0.25) is 0 Å². The molecule has 0 saturated carbocycles. The Morgan fingerprint density at radius 1 is 1.33 bits per heavy atom. The van der Waals surface area contributed by atoms with Crippen molar-refractivity contribution in [3.05, 3.63) is 16.9 Å². The number of sulfonamides is 1. The van der Waals surface area contributed by atoms with Gasteiger partial charge in [0.2, 0.25) is 16.8 Å². The van der Waals surface area contributed by atoms with Crippen LogP contribution in [0.5, 0.6) is 11.5 Å². The van der Waals surface area contributed by atoms with E-state index in [2.05, 4.69) is 4.99 Å². The van der Waals surface area contributed by atoms with Crippen LogP contribution < -0.4 is 14.3 Å².